The Morgan fingerprint density at radius 1 is 0.889 bits per heavy atom. The lowest BCUT2D eigenvalue weighted by molar-refractivity contribution is 0.0985. The molecular formula is C22H19FN2O2. The van der Waals surface area contributed by atoms with Gasteiger partial charge in [0.2, 0.25) is 0 Å². The van der Waals surface area contributed by atoms with Crippen LogP contribution in [0.1, 0.15) is 27.6 Å². The van der Waals surface area contributed by atoms with Crippen molar-refractivity contribution in [3.8, 4) is 0 Å². The summed E-state index contributed by atoms with van der Waals surface area (Å²) in [4.78, 5) is 26.7. The van der Waals surface area contributed by atoms with Gasteiger partial charge in [0.05, 0.1) is 0 Å². The third-order valence-corrected chi connectivity index (χ3v) is 4.11. The summed E-state index contributed by atoms with van der Waals surface area (Å²) in [6.45, 7) is 2.44. The molecule has 3 aromatic carbocycles. The lowest BCUT2D eigenvalue weighted by Gasteiger charge is -2.21. The minimum absolute atomic E-state index is 0.138. The SMILES string of the molecule is CCN(C(=O)c1ccc(C(=O)Nc2cccc(F)c2)cc1)c1ccccc1. The molecule has 0 aliphatic carbocycles. The zero-order valence-electron chi connectivity index (χ0n) is 14.9. The van der Waals surface area contributed by atoms with Gasteiger partial charge in [0.1, 0.15) is 5.82 Å². The van der Waals surface area contributed by atoms with E-state index in [-0.39, 0.29) is 11.8 Å². The van der Waals surface area contributed by atoms with E-state index in [2.05, 4.69) is 5.32 Å². The van der Waals surface area contributed by atoms with Crippen molar-refractivity contribution in [1.29, 1.82) is 0 Å². The van der Waals surface area contributed by atoms with Gasteiger partial charge in [-0.25, -0.2) is 4.39 Å². The number of rotatable bonds is 5. The van der Waals surface area contributed by atoms with Crippen molar-refractivity contribution < 1.29 is 14.0 Å². The number of amides is 2. The normalized spacial score (nSPS) is 10.3. The Kier molecular flexibility index (Phi) is 5.61. The second-order valence-corrected chi connectivity index (χ2v) is 5.93. The van der Waals surface area contributed by atoms with Crippen LogP contribution in [-0.4, -0.2) is 18.4 Å². The van der Waals surface area contributed by atoms with Gasteiger partial charge in [0.25, 0.3) is 11.8 Å². The van der Waals surface area contributed by atoms with Crippen LogP contribution in [0.25, 0.3) is 0 Å². The van der Waals surface area contributed by atoms with Crippen LogP contribution < -0.4 is 10.2 Å². The molecule has 0 fully saturated rings. The first-order valence-electron chi connectivity index (χ1n) is 8.62. The lowest BCUT2D eigenvalue weighted by Crippen LogP contribution is -2.30. The standard InChI is InChI=1S/C22H19FN2O2/c1-2-25(20-9-4-3-5-10-20)22(27)17-13-11-16(12-14-17)21(26)24-19-8-6-7-18(23)15-19/h3-15H,2H2,1H3,(H,24,26). The molecule has 0 bridgehead atoms. The predicted molar refractivity (Wildman–Crippen MR) is 105 cm³/mol. The molecule has 0 atom stereocenters. The highest BCUT2D eigenvalue weighted by molar-refractivity contribution is 6.08. The Labute approximate surface area is 157 Å². The highest BCUT2D eigenvalue weighted by atomic mass is 19.1. The molecule has 136 valence electrons. The van der Waals surface area contributed by atoms with E-state index >= 15 is 0 Å². The molecule has 0 saturated heterocycles. The molecule has 3 rings (SSSR count). The molecule has 1 N–H and O–H groups in total. The van der Waals surface area contributed by atoms with Gasteiger partial charge in [-0.15, -0.1) is 0 Å². The molecule has 0 aromatic heterocycles. The van der Waals surface area contributed by atoms with Gasteiger partial charge < -0.3 is 10.2 Å². The third kappa shape index (κ3) is 4.39. The molecule has 0 radical (unpaired) electrons. The fourth-order valence-corrected chi connectivity index (χ4v) is 2.74. The van der Waals surface area contributed by atoms with Crippen LogP contribution in [0.5, 0.6) is 0 Å². The van der Waals surface area contributed by atoms with E-state index in [1.54, 1.807) is 35.2 Å². The average molecular weight is 362 g/mol. The van der Waals surface area contributed by atoms with Crippen molar-refractivity contribution in [2.45, 2.75) is 6.92 Å². The maximum Gasteiger partial charge on any atom is 0.258 e. The van der Waals surface area contributed by atoms with E-state index in [1.807, 2.05) is 37.3 Å². The number of nitrogens with one attached hydrogen (secondary N) is 1. The van der Waals surface area contributed by atoms with Gasteiger partial charge in [-0.2, -0.15) is 0 Å². The van der Waals surface area contributed by atoms with Crippen molar-refractivity contribution in [3.63, 3.8) is 0 Å². The number of carbonyl (C=O) groups excluding carboxylic acids is 2. The van der Waals surface area contributed by atoms with Crippen molar-refractivity contribution in [2.75, 3.05) is 16.8 Å². The van der Waals surface area contributed by atoms with Gasteiger partial charge >= 0.3 is 0 Å². The number of hydrogen-bond acceptors (Lipinski definition) is 2. The van der Waals surface area contributed by atoms with Gasteiger partial charge in [-0.3, -0.25) is 9.59 Å². The summed E-state index contributed by atoms with van der Waals surface area (Å²) < 4.78 is 13.2. The smallest absolute Gasteiger partial charge is 0.258 e. The highest BCUT2D eigenvalue weighted by Crippen LogP contribution is 2.17. The maximum atomic E-state index is 13.2. The number of halogens is 1. The Hall–Kier alpha value is -3.47. The zero-order chi connectivity index (χ0) is 19.2. The molecule has 2 amide bonds. The van der Waals surface area contributed by atoms with Gasteiger partial charge in [-0.05, 0) is 61.5 Å². The minimum Gasteiger partial charge on any atom is -0.322 e. The summed E-state index contributed by atoms with van der Waals surface area (Å²) in [5.74, 6) is -0.926. The molecule has 5 heteroatoms. The lowest BCUT2D eigenvalue weighted by atomic mass is 10.1. The molecule has 0 spiro atoms. The molecule has 0 heterocycles. The fraction of sp³-hybridized carbons (Fsp3) is 0.0909. The molecule has 27 heavy (non-hydrogen) atoms. The quantitative estimate of drug-likeness (QED) is 0.712. The first-order valence-corrected chi connectivity index (χ1v) is 8.62. The topological polar surface area (TPSA) is 49.4 Å². The molecule has 0 aliphatic rings. The fourth-order valence-electron chi connectivity index (χ4n) is 2.74. The Balaban J connectivity index is 1.74. The summed E-state index contributed by atoms with van der Waals surface area (Å²) in [5.41, 5.74) is 2.07. The number of para-hydroxylation sites is 1. The van der Waals surface area contributed by atoms with Crippen molar-refractivity contribution >= 4 is 23.2 Å². The largest absolute Gasteiger partial charge is 0.322 e. The van der Waals surface area contributed by atoms with Crippen LogP contribution in [0.15, 0.2) is 78.9 Å². The van der Waals surface area contributed by atoms with Crippen LogP contribution in [0.3, 0.4) is 0 Å². The number of benzene rings is 3. The third-order valence-electron chi connectivity index (χ3n) is 4.11. The molecule has 3 aromatic rings. The van der Waals surface area contributed by atoms with Gasteiger partial charge in [0, 0.05) is 29.0 Å². The van der Waals surface area contributed by atoms with E-state index in [0.29, 0.717) is 23.4 Å². The summed E-state index contributed by atoms with van der Waals surface area (Å²) in [7, 11) is 0. The Morgan fingerprint density at radius 2 is 1.56 bits per heavy atom. The monoisotopic (exact) mass is 362 g/mol. The second kappa shape index (κ2) is 8.27. The van der Waals surface area contributed by atoms with Crippen LogP contribution in [0.4, 0.5) is 15.8 Å². The number of anilines is 2. The molecule has 0 saturated carbocycles. The minimum atomic E-state index is -0.422. The number of hydrogen-bond donors (Lipinski definition) is 1. The molecule has 0 unspecified atom stereocenters. The van der Waals surface area contributed by atoms with E-state index < -0.39 is 5.82 Å². The van der Waals surface area contributed by atoms with Gasteiger partial charge in [-0.1, -0.05) is 24.3 Å². The van der Waals surface area contributed by atoms with Crippen LogP contribution in [0.2, 0.25) is 0 Å². The van der Waals surface area contributed by atoms with Crippen LogP contribution in [0, 0.1) is 5.82 Å². The first-order chi connectivity index (χ1) is 13.1. The van der Waals surface area contributed by atoms with E-state index in [4.69, 9.17) is 0 Å². The van der Waals surface area contributed by atoms with E-state index in [1.165, 1.54) is 18.2 Å². The highest BCUT2D eigenvalue weighted by Gasteiger charge is 2.16. The van der Waals surface area contributed by atoms with Crippen molar-refractivity contribution in [3.05, 3.63) is 95.8 Å². The van der Waals surface area contributed by atoms with Crippen molar-refractivity contribution in [1.82, 2.24) is 0 Å². The van der Waals surface area contributed by atoms with Gasteiger partial charge in [0.15, 0.2) is 0 Å². The maximum absolute atomic E-state index is 13.2. The second-order valence-electron chi connectivity index (χ2n) is 5.93. The summed E-state index contributed by atoms with van der Waals surface area (Å²) in [5, 5.41) is 2.63. The Bertz CT molecular complexity index is 940. The Morgan fingerprint density at radius 3 is 2.19 bits per heavy atom. The molecular weight excluding hydrogens is 343 g/mol. The zero-order valence-corrected chi connectivity index (χ0v) is 14.9. The average Bonchev–Trinajstić information content (AvgIpc) is 2.69. The molecule has 0 aliphatic heterocycles. The summed E-state index contributed by atoms with van der Waals surface area (Å²) in [6, 6.07) is 21.5. The van der Waals surface area contributed by atoms with E-state index in [9.17, 15) is 14.0 Å². The predicted octanol–water partition coefficient (Wildman–Crippen LogP) is 4.74. The van der Waals surface area contributed by atoms with Crippen LogP contribution >= 0.6 is 0 Å². The summed E-state index contributed by atoms with van der Waals surface area (Å²) >= 11 is 0. The first kappa shape index (κ1) is 18.3. The summed E-state index contributed by atoms with van der Waals surface area (Å²) in [6.07, 6.45) is 0. The number of carbonyl (C=O) groups is 2. The number of nitrogens with zero attached hydrogens (tertiary/aromatic N) is 1. The van der Waals surface area contributed by atoms with E-state index in [0.717, 1.165) is 5.69 Å². The van der Waals surface area contributed by atoms with Crippen molar-refractivity contribution in [2.24, 2.45) is 0 Å². The van der Waals surface area contributed by atoms with Crippen LogP contribution in [-0.2, 0) is 0 Å². The molecule has 4 nitrogen and oxygen atoms in total.